The molecule has 0 saturated heterocycles. The number of nitrogens with one attached hydrogen (secondary N) is 1. The van der Waals surface area contributed by atoms with E-state index < -0.39 is 0 Å². The average Bonchev–Trinajstić information content (AvgIpc) is 2.75. The first-order valence-corrected chi connectivity index (χ1v) is 7.36. The molecule has 2 rings (SSSR count). The molecule has 17 heavy (non-hydrogen) atoms. The maximum Gasteiger partial charge on any atom is 0.0897 e. The number of nitrogens with zero attached hydrogens (tertiary/aromatic N) is 1. The SMILES string of the molecule is CNCc1ccc(SCc2cnc(C)s2)cc1. The molecular formula is C13H16N2S2. The van der Waals surface area contributed by atoms with Crippen LogP contribution in [0.15, 0.2) is 35.4 Å². The van der Waals surface area contributed by atoms with Crippen molar-refractivity contribution in [3.63, 3.8) is 0 Å². The second-order valence-corrected chi connectivity index (χ2v) is 6.18. The third-order valence-electron chi connectivity index (χ3n) is 2.35. The van der Waals surface area contributed by atoms with Crippen molar-refractivity contribution in [3.05, 3.63) is 45.9 Å². The van der Waals surface area contributed by atoms with Crippen LogP contribution in [-0.4, -0.2) is 12.0 Å². The molecule has 0 spiro atoms. The number of rotatable bonds is 5. The van der Waals surface area contributed by atoms with Gasteiger partial charge in [0.25, 0.3) is 0 Å². The molecule has 1 aromatic carbocycles. The minimum atomic E-state index is 0.930. The summed E-state index contributed by atoms with van der Waals surface area (Å²) < 4.78 is 0. The molecular weight excluding hydrogens is 248 g/mol. The van der Waals surface area contributed by atoms with Crippen molar-refractivity contribution < 1.29 is 0 Å². The highest BCUT2D eigenvalue weighted by Gasteiger charge is 2.00. The van der Waals surface area contributed by atoms with Crippen molar-refractivity contribution in [2.24, 2.45) is 0 Å². The summed E-state index contributed by atoms with van der Waals surface area (Å²) in [6, 6.07) is 8.73. The summed E-state index contributed by atoms with van der Waals surface area (Å²) in [5.41, 5.74) is 1.32. The van der Waals surface area contributed by atoms with Crippen LogP contribution in [0.4, 0.5) is 0 Å². The van der Waals surface area contributed by atoms with E-state index in [9.17, 15) is 0 Å². The molecule has 0 radical (unpaired) electrons. The number of hydrogen-bond donors (Lipinski definition) is 1. The van der Waals surface area contributed by atoms with Gasteiger partial charge in [-0.3, -0.25) is 0 Å². The highest BCUT2D eigenvalue weighted by Crippen LogP contribution is 2.25. The molecule has 0 aliphatic rings. The summed E-state index contributed by atoms with van der Waals surface area (Å²) in [7, 11) is 1.97. The molecule has 90 valence electrons. The minimum Gasteiger partial charge on any atom is -0.316 e. The Morgan fingerprint density at radius 3 is 2.65 bits per heavy atom. The average molecular weight is 264 g/mol. The molecule has 0 bridgehead atoms. The third-order valence-corrected chi connectivity index (χ3v) is 4.51. The van der Waals surface area contributed by atoms with Gasteiger partial charge in [0.15, 0.2) is 0 Å². The van der Waals surface area contributed by atoms with E-state index in [2.05, 4.69) is 34.6 Å². The number of aryl methyl sites for hydroxylation is 1. The fraction of sp³-hybridized carbons (Fsp3) is 0.308. The zero-order chi connectivity index (χ0) is 12.1. The lowest BCUT2D eigenvalue weighted by Gasteiger charge is -2.02. The van der Waals surface area contributed by atoms with Crippen LogP contribution in [0, 0.1) is 6.92 Å². The molecule has 2 aromatic rings. The summed E-state index contributed by atoms with van der Waals surface area (Å²) in [4.78, 5) is 6.92. The predicted molar refractivity (Wildman–Crippen MR) is 75.6 cm³/mol. The first-order valence-electron chi connectivity index (χ1n) is 5.55. The molecule has 0 fully saturated rings. The van der Waals surface area contributed by atoms with Gasteiger partial charge in [0.2, 0.25) is 0 Å². The second-order valence-electron chi connectivity index (χ2n) is 3.81. The van der Waals surface area contributed by atoms with E-state index in [1.54, 1.807) is 11.3 Å². The van der Waals surface area contributed by atoms with Crippen molar-refractivity contribution in [2.75, 3.05) is 7.05 Å². The van der Waals surface area contributed by atoms with Crippen molar-refractivity contribution >= 4 is 23.1 Å². The van der Waals surface area contributed by atoms with Crippen LogP contribution in [0.25, 0.3) is 0 Å². The zero-order valence-electron chi connectivity index (χ0n) is 10.1. The molecule has 0 atom stereocenters. The predicted octanol–water partition coefficient (Wildman–Crippen LogP) is 3.46. The Bertz CT molecular complexity index is 463. The molecule has 1 N–H and O–H groups in total. The topological polar surface area (TPSA) is 24.9 Å². The van der Waals surface area contributed by atoms with Gasteiger partial charge in [0, 0.05) is 28.3 Å². The van der Waals surface area contributed by atoms with Crippen LogP contribution in [0.2, 0.25) is 0 Å². The number of hydrogen-bond acceptors (Lipinski definition) is 4. The number of thiazole rings is 1. The van der Waals surface area contributed by atoms with Crippen molar-refractivity contribution in [1.29, 1.82) is 0 Å². The maximum absolute atomic E-state index is 4.26. The Hall–Kier alpha value is -0.840. The fourth-order valence-electron chi connectivity index (χ4n) is 1.53. The number of benzene rings is 1. The van der Waals surface area contributed by atoms with E-state index in [0.29, 0.717) is 0 Å². The molecule has 0 aliphatic carbocycles. The molecule has 0 saturated carbocycles. The van der Waals surface area contributed by atoms with E-state index in [4.69, 9.17) is 0 Å². The van der Waals surface area contributed by atoms with Crippen molar-refractivity contribution in [3.8, 4) is 0 Å². The van der Waals surface area contributed by atoms with Gasteiger partial charge in [-0.1, -0.05) is 12.1 Å². The Morgan fingerprint density at radius 1 is 1.29 bits per heavy atom. The molecule has 2 nitrogen and oxygen atoms in total. The van der Waals surface area contributed by atoms with E-state index >= 15 is 0 Å². The molecule has 0 unspecified atom stereocenters. The van der Waals surface area contributed by atoms with Crippen molar-refractivity contribution in [1.82, 2.24) is 10.3 Å². The number of aromatic nitrogens is 1. The van der Waals surface area contributed by atoms with Gasteiger partial charge in [-0.05, 0) is 31.7 Å². The Balaban J connectivity index is 1.90. The van der Waals surface area contributed by atoms with Gasteiger partial charge >= 0.3 is 0 Å². The van der Waals surface area contributed by atoms with Gasteiger partial charge in [0.05, 0.1) is 5.01 Å². The summed E-state index contributed by atoms with van der Waals surface area (Å²) in [6.45, 7) is 2.98. The molecule has 1 aromatic heterocycles. The lowest BCUT2D eigenvalue weighted by atomic mass is 10.2. The molecule has 4 heteroatoms. The monoisotopic (exact) mass is 264 g/mol. The lowest BCUT2D eigenvalue weighted by molar-refractivity contribution is 0.817. The van der Waals surface area contributed by atoms with Crippen LogP contribution < -0.4 is 5.32 Å². The maximum atomic E-state index is 4.26. The highest BCUT2D eigenvalue weighted by atomic mass is 32.2. The molecule has 0 aliphatic heterocycles. The van der Waals surface area contributed by atoms with Crippen LogP contribution >= 0.6 is 23.1 Å². The van der Waals surface area contributed by atoms with Gasteiger partial charge in [0.1, 0.15) is 0 Å². The van der Waals surface area contributed by atoms with Gasteiger partial charge in [-0.25, -0.2) is 4.98 Å². The Labute approximate surface area is 110 Å². The quantitative estimate of drug-likeness (QED) is 0.837. The third kappa shape index (κ3) is 3.84. The molecule has 1 heterocycles. The van der Waals surface area contributed by atoms with E-state index in [1.807, 2.05) is 31.9 Å². The van der Waals surface area contributed by atoms with Crippen LogP contribution in [0.5, 0.6) is 0 Å². The van der Waals surface area contributed by atoms with Crippen LogP contribution in [-0.2, 0) is 12.3 Å². The standard InChI is InChI=1S/C13H16N2S2/c1-10-15-8-13(17-10)9-16-12-5-3-11(4-6-12)7-14-2/h3-6,8,14H,7,9H2,1-2H3. The lowest BCUT2D eigenvalue weighted by Crippen LogP contribution is -2.04. The largest absolute Gasteiger partial charge is 0.316 e. The normalized spacial score (nSPS) is 10.7. The summed E-state index contributed by atoms with van der Waals surface area (Å²) >= 11 is 3.64. The Morgan fingerprint density at radius 2 is 2.06 bits per heavy atom. The first-order chi connectivity index (χ1) is 8.28. The van der Waals surface area contributed by atoms with Gasteiger partial charge in [-0.15, -0.1) is 23.1 Å². The van der Waals surface area contributed by atoms with Crippen LogP contribution in [0.3, 0.4) is 0 Å². The highest BCUT2D eigenvalue weighted by molar-refractivity contribution is 7.98. The van der Waals surface area contributed by atoms with E-state index in [0.717, 1.165) is 17.3 Å². The summed E-state index contributed by atoms with van der Waals surface area (Å²) in [5.74, 6) is 1.01. The molecule has 0 amide bonds. The van der Waals surface area contributed by atoms with Crippen molar-refractivity contribution in [2.45, 2.75) is 24.1 Å². The Kier molecular flexibility index (Phi) is 4.59. The number of thioether (sulfide) groups is 1. The first kappa shape index (κ1) is 12.6. The minimum absolute atomic E-state index is 0.930. The van der Waals surface area contributed by atoms with Crippen LogP contribution in [0.1, 0.15) is 15.4 Å². The fourth-order valence-corrected chi connectivity index (χ4v) is 3.25. The van der Waals surface area contributed by atoms with Gasteiger partial charge < -0.3 is 5.32 Å². The summed E-state index contributed by atoms with van der Waals surface area (Å²) in [6.07, 6.45) is 1.97. The zero-order valence-corrected chi connectivity index (χ0v) is 11.7. The van der Waals surface area contributed by atoms with E-state index in [-0.39, 0.29) is 0 Å². The second kappa shape index (κ2) is 6.19. The van der Waals surface area contributed by atoms with Gasteiger partial charge in [-0.2, -0.15) is 0 Å². The summed E-state index contributed by atoms with van der Waals surface area (Å²) in [5, 5.41) is 4.29. The smallest absolute Gasteiger partial charge is 0.0897 e. The van der Waals surface area contributed by atoms with E-state index in [1.165, 1.54) is 15.3 Å².